The van der Waals surface area contributed by atoms with Gasteiger partial charge in [0.25, 0.3) is 0 Å². The number of nitrogens with one attached hydrogen (secondary N) is 1. The maximum Gasteiger partial charge on any atom is 0.125 e. The van der Waals surface area contributed by atoms with Crippen molar-refractivity contribution < 1.29 is 9.84 Å². The van der Waals surface area contributed by atoms with Crippen LogP contribution in [0.3, 0.4) is 0 Å². The molecule has 1 heterocycles. The molecule has 0 saturated carbocycles. The third-order valence-corrected chi connectivity index (χ3v) is 6.13. The van der Waals surface area contributed by atoms with E-state index < -0.39 is 0 Å². The Labute approximate surface area is 185 Å². The van der Waals surface area contributed by atoms with Gasteiger partial charge in [0.15, 0.2) is 0 Å². The molecule has 4 rings (SSSR count). The van der Waals surface area contributed by atoms with Gasteiger partial charge in [0.2, 0.25) is 0 Å². The maximum atomic E-state index is 9.74. The van der Waals surface area contributed by atoms with Crippen LogP contribution in [-0.2, 0) is 19.6 Å². The first-order chi connectivity index (χ1) is 15.0. The van der Waals surface area contributed by atoms with Crippen molar-refractivity contribution in [2.75, 3.05) is 0 Å². The fourth-order valence-electron chi connectivity index (χ4n) is 4.33. The van der Waals surface area contributed by atoms with Crippen molar-refractivity contribution in [3.63, 3.8) is 0 Å². The third kappa shape index (κ3) is 4.68. The molecule has 0 fully saturated rings. The second kappa shape index (κ2) is 9.25. The zero-order valence-electron chi connectivity index (χ0n) is 19.0. The molecule has 0 spiro atoms. The Balaban J connectivity index is 1.51. The predicted octanol–water partition coefficient (Wildman–Crippen LogP) is 4.94. The van der Waals surface area contributed by atoms with Crippen LogP contribution >= 0.6 is 0 Å². The van der Waals surface area contributed by atoms with Crippen LogP contribution in [0.15, 0.2) is 42.6 Å². The Kier molecular flexibility index (Phi) is 6.44. The third-order valence-electron chi connectivity index (χ3n) is 6.13. The van der Waals surface area contributed by atoms with E-state index >= 15 is 0 Å². The number of fused-ring (bicyclic) bond motifs is 1. The van der Waals surface area contributed by atoms with Gasteiger partial charge in [-0.2, -0.15) is 5.10 Å². The Bertz CT molecular complexity index is 1050. The second-order valence-electron chi connectivity index (χ2n) is 8.82. The van der Waals surface area contributed by atoms with Gasteiger partial charge >= 0.3 is 0 Å². The Morgan fingerprint density at radius 3 is 2.74 bits per heavy atom. The first kappa shape index (κ1) is 21.6. The van der Waals surface area contributed by atoms with Gasteiger partial charge in [0.05, 0.1) is 24.6 Å². The fourth-order valence-corrected chi connectivity index (χ4v) is 4.33. The average molecular weight is 420 g/mol. The summed E-state index contributed by atoms with van der Waals surface area (Å²) in [6.45, 7) is 9.00. The van der Waals surface area contributed by atoms with E-state index in [-0.39, 0.29) is 18.8 Å². The van der Waals surface area contributed by atoms with Crippen LogP contribution < -0.4 is 10.1 Å². The van der Waals surface area contributed by atoms with Gasteiger partial charge in [-0.05, 0) is 87.9 Å². The lowest BCUT2D eigenvalue weighted by atomic mass is 9.92. The summed E-state index contributed by atoms with van der Waals surface area (Å²) in [6, 6.07) is 12.9. The summed E-state index contributed by atoms with van der Waals surface area (Å²) in [5, 5.41) is 18.2. The van der Waals surface area contributed by atoms with Crippen molar-refractivity contribution in [1.82, 2.24) is 15.1 Å². The van der Waals surface area contributed by atoms with E-state index in [1.54, 1.807) is 0 Å². The van der Waals surface area contributed by atoms with Crippen LogP contribution in [0.4, 0.5) is 0 Å². The molecule has 0 amide bonds. The molecule has 1 atom stereocenters. The monoisotopic (exact) mass is 419 g/mol. The largest absolute Gasteiger partial charge is 0.491 e. The van der Waals surface area contributed by atoms with Crippen molar-refractivity contribution in [1.29, 1.82) is 0 Å². The van der Waals surface area contributed by atoms with Gasteiger partial charge in [-0.15, -0.1) is 0 Å². The summed E-state index contributed by atoms with van der Waals surface area (Å²) >= 11 is 0. The highest BCUT2D eigenvalue weighted by Crippen LogP contribution is 2.32. The van der Waals surface area contributed by atoms with Crippen molar-refractivity contribution in [2.45, 2.75) is 72.3 Å². The quantitative estimate of drug-likeness (QED) is 0.570. The van der Waals surface area contributed by atoms with Crippen LogP contribution in [0, 0.1) is 13.8 Å². The van der Waals surface area contributed by atoms with Gasteiger partial charge in [-0.25, -0.2) is 4.68 Å². The molecule has 3 aromatic rings. The van der Waals surface area contributed by atoms with Crippen LogP contribution in [0.25, 0.3) is 5.69 Å². The Hall–Kier alpha value is -2.63. The van der Waals surface area contributed by atoms with E-state index in [0.29, 0.717) is 0 Å². The zero-order chi connectivity index (χ0) is 22.0. The van der Waals surface area contributed by atoms with Crippen LogP contribution in [0.5, 0.6) is 5.75 Å². The number of aromatic nitrogens is 2. The van der Waals surface area contributed by atoms with Crippen LogP contribution in [-0.4, -0.2) is 21.0 Å². The van der Waals surface area contributed by atoms with Gasteiger partial charge in [0.1, 0.15) is 5.75 Å². The SMILES string of the molecule is Cc1ccc(-n2ncc3c2CCC[C@H]3NCc2ccc(OC(C)C)c(CO)c2)cc1C. The smallest absolute Gasteiger partial charge is 0.125 e. The van der Waals surface area contributed by atoms with E-state index in [0.717, 1.165) is 48.4 Å². The molecule has 0 bridgehead atoms. The second-order valence-corrected chi connectivity index (χ2v) is 8.82. The molecular formula is C26H33N3O2. The summed E-state index contributed by atoms with van der Waals surface area (Å²) in [7, 11) is 0. The van der Waals surface area contributed by atoms with Gasteiger partial charge in [-0.1, -0.05) is 12.1 Å². The lowest BCUT2D eigenvalue weighted by molar-refractivity contribution is 0.225. The van der Waals surface area contributed by atoms with Crippen molar-refractivity contribution in [3.05, 3.63) is 76.1 Å². The molecule has 1 aliphatic carbocycles. The number of rotatable bonds is 7. The topological polar surface area (TPSA) is 59.3 Å². The summed E-state index contributed by atoms with van der Waals surface area (Å²) in [5.41, 5.74) is 8.32. The van der Waals surface area contributed by atoms with Gasteiger partial charge in [0, 0.05) is 29.4 Å². The number of hydrogen-bond acceptors (Lipinski definition) is 4. The molecule has 1 aliphatic rings. The molecule has 2 N–H and O–H groups in total. The molecule has 5 heteroatoms. The van der Waals surface area contributed by atoms with E-state index in [1.807, 2.05) is 32.2 Å². The standard InChI is InChI=1S/C26H33N3O2/c1-17(2)31-26-11-9-20(13-21(26)16-30)14-27-24-6-5-7-25-23(24)15-28-29(25)22-10-8-18(3)19(4)12-22/h8-13,15,17,24,27,30H,5-7,14,16H2,1-4H3/t24-/m1/s1. The minimum absolute atomic E-state index is 0.0216. The van der Waals surface area contributed by atoms with E-state index in [1.165, 1.54) is 22.4 Å². The first-order valence-corrected chi connectivity index (χ1v) is 11.2. The Morgan fingerprint density at radius 1 is 1.16 bits per heavy atom. The number of aliphatic hydroxyl groups is 1. The average Bonchev–Trinajstić information content (AvgIpc) is 3.19. The fraction of sp³-hybridized carbons (Fsp3) is 0.423. The summed E-state index contributed by atoms with van der Waals surface area (Å²) in [6.07, 6.45) is 5.41. The predicted molar refractivity (Wildman–Crippen MR) is 124 cm³/mol. The molecular weight excluding hydrogens is 386 g/mol. The molecule has 0 saturated heterocycles. The number of aryl methyl sites for hydroxylation is 2. The van der Waals surface area contributed by atoms with Crippen molar-refractivity contribution in [3.8, 4) is 11.4 Å². The lowest BCUT2D eigenvalue weighted by Crippen LogP contribution is -2.25. The summed E-state index contributed by atoms with van der Waals surface area (Å²) in [5.74, 6) is 0.760. The van der Waals surface area contributed by atoms with Gasteiger partial charge in [-0.3, -0.25) is 0 Å². The van der Waals surface area contributed by atoms with E-state index in [2.05, 4.69) is 48.1 Å². The number of ether oxygens (including phenoxy) is 1. The molecule has 0 radical (unpaired) electrons. The minimum atomic E-state index is -0.0216. The van der Waals surface area contributed by atoms with E-state index in [9.17, 15) is 5.11 Å². The summed E-state index contributed by atoms with van der Waals surface area (Å²) < 4.78 is 7.91. The van der Waals surface area contributed by atoms with Crippen LogP contribution in [0.1, 0.15) is 66.2 Å². The van der Waals surface area contributed by atoms with Crippen molar-refractivity contribution in [2.24, 2.45) is 0 Å². The molecule has 164 valence electrons. The zero-order valence-corrected chi connectivity index (χ0v) is 19.0. The normalized spacial score (nSPS) is 15.9. The number of benzene rings is 2. The maximum absolute atomic E-state index is 9.74. The minimum Gasteiger partial charge on any atom is -0.491 e. The molecule has 2 aromatic carbocycles. The van der Waals surface area contributed by atoms with Crippen molar-refractivity contribution >= 4 is 0 Å². The molecule has 31 heavy (non-hydrogen) atoms. The number of nitrogens with zero attached hydrogens (tertiary/aromatic N) is 2. The molecule has 0 unspecified atom stereocenters. The molecule has 5 nitrogen and oxygen atoms in total. The number of hydrogen-bond donors (Lipinski definition) is 2. The highest BCUT2D eigenvalue weighted by molar-refractivity contribution is 5.42. The lowest BCUT2D eigenvalue weighted by Gasteiger charge is -2.25. The summed E-state index contributed by atoms with van der Waals surface area (Å²) in [4.78, 5) is 0. The van der Waals surface area contributed by atoms with E-state index in [4.69, 9.17) is 9.84 Å². The highest BCUT2D eigenvalue weighted by atomic mass is 16.5. The number of aliphatic hydroxyl groups excluding tert-OH is 1. The molecule has 1 aromatic heterocycles. The molecule has 0 aliphatic heterocycles. The first-order valence-electron chi connectivity index (χ1n) is 11.2. The highest BCUT2D eigenvalue weighted by Gasteiger charge is 2.24. The Morgan fingerprint density at radius 2 is 2.00 bits per heavy atom. The van der Waals surface area contributed by atoms with Gasteiger partial charge < -0.3 is 15.2 Å². The van der Waals surface area contributed by atoms with Crippen LogP contribution in [0.2, 0.25) is 0 Å².